The van der Waals surface area contributed by atoms with E-state index in [4.69, 9.17) is 15.2 Å². The fraction of sp³-hybridized carbons (Fsp3) is 0.562. The number of halogens is 1. The van der Waals surface area contributed by atoms with E-state index in [-0.39, 0.29) is 48.4 Å². The number of nitrogens with two attached hydrogens (primary N) is 1. The predicted octanol–water partition coefficient (Wildman–Crippen LogP) is 2.20. The first kappa shape index (κ1) is 34.5. The first-order valence-electron chi connectivity index (χ1n) is 15.3. The number of esters is 2. The van der Waals surface area contributed by atoms with E-state index in [0.29, 0.717) is 40.8 Å². The summed E-state index contributed by atoms with van der Waals surface area (Å²) in [6, 6.07) is 1.70. The van der Waals surface area contributed by atoms with Crippen LogP contribution in [0.25, 0.3) is 5.69 Å². The van der Waals surface area contributed by atoms with Gasteiger partial charge in [-0.25, -0.2) is 9.07 Å². The van der Waals surface area contributed by atoms with Crippen molar-refractivity contribution in [3.63, 3.8) is 0 Å². The Morgan fingerprint density at radius 2 is 1.89 bits per heavy atom. The summed E-state index contributed by atoms with van der Waals surface area (Å²) in [4.78, 5) is 62.7. The number of ether oxygens (including phenoxy) is 2. The number of nitrogens with one attached hydrogen (secondary N) is 2. The summed E-state index contributed by atoms with van der Waals surface area (Å²) in [5.41, 5.74) is 6.72. The van der Waals surface area contributed by atoms with Crippen molar-refractivity contribution in [2.45, 2.75) is 78.0 Å². The van der Waals surface area contributed by atoms with Crippen molar-refractivity contribution >= 4 is 35.2 Å². The molecule has 1 aliphatic carbocycles. The number of carbonyl (C=O) groups is 5. The van der Waals surface area contributed by atoms with E-state index in [9.17, 15) is 24.0 Å². The number of amides is 2. The number of primary amides is 1. The van der Waals surface area contributed by atoms with E-state index in [1.54, 1.807) is 6.92 Å². The number of aromatic nitrogens is 2. The number of Topliss-reactive ketones (excluding diaryl/α,β-unsaturated/α-hetero) is 1. The molecule has 0 bridgehead atoms. The van der Waals surface area contributed by atoms with E-state index in [0.717, 1.165) is 6.07 Å². The monoisotopic (exact) mass is 643 g/mol. The Hall–Kier alpha value is -4.33. The third kappa shape index (κ3) is 8.27. The molecule has 13 nitrogen and oxygen atoms in total. The third-order valence-corrected chi connectivity index (χ3v) is 7.99. The molecule has 2 heterocycles. The zero-order valence-electron chi connectivity index (χ0n) is 27.5. The Morgan fingerprint density at radius 3 is 2.52 bits per heavy atom. The average Bonchev–Trinajstić information content (AvgIpc) is 3.12. The van der Waals surface area contributed by atoms with Crippen LogP contribution in [0.1, 0.15) is 78.6 Å². The number of carbonyl (C=O) groups excluding carboxylic acids is 5. The van der Waals surface area contributed by atoms with E-state index in [2.05, 4.69) is 15.7 Å². The van der Waals surface area contributed by atoms with Gasteiger partial charge in [0.25, 0.3) is 5.91 Å². The van der Waals surface area contributed by atoms with Crippen molar-refractivity contribution in [1.82, 2.24) is 15.1 Å². The molecule has 1 saturated heterocycles. The molecule has 2 amide bonds. The fourth-order valence-corrected chi connectivity index (χ4v) is 6.19. The molecule has 0 saturated carbocycles. The van der Waals surface area contributed by atoms with Crippen LogP contribution < -0.4 is 16.4 Å². The lowest BCUT2D eigenvalue weighted by molar-refractivity contribution is -0.873. The number of rotatable bonds is 10. The van der Waals surface area contributed by atoms with Gasteiger partial charge in [-0.15, -0.1) is 0 Å². The Labute approximate surface area is 267 Å². The van der Waals surface area contributed by atoms with Crippen molar-refractivity contribution < 1.29 is 42.3 Å². The van der Waals surface area contributed by atoms with Gasteiger partial charge in [-0.3, -0.25) is 24.0 Å². The Balaban J connectivity index is 1.54. The minimum absolute atomic E-state index is 0.00841. The summed E-state index contributed by atoms with van der Waals surface area (Å²) in [6.45, 7) is 7.38. The highest BCUT2D eigenvalue weighted by Crippen LogP contribution is 2.37. The zero-order valence-corrected chi connectivity index (χ0v) is 27.5. The summed E-state index contributed by atoms with van der Waals surface area (Å²) in [7, 11) is 5.73. The SMILES string of the molecule is CC(=O)OC(CC(=O)OC1CCC(Nc2cc(-n3nc(C)c4c3CC(C)(C)CC4=O)cc(F)c2C(N)=O)C(=O)NC1)C[N+](C)(C)C. The lowest BCUT2D eigenvalue weighted by atomic mass is 9.75. The van der Waals surface area contributed by atoms with Crippen LogP contribution in [0, 0.1) is 18.2 Å². The topological polar surface area (TPSA) is 172 Å². The summed E-state index contributed by atoms with van der Waals surface area (Å²) >= 11 is 0. The second-order valence-corrected chi connectivity index (χ2v) is 14.0. The van der Waals surface area contributed by atoms with Crippen LogP contribution in [0.15, 0.2) is 12.1 Å². The molecular weight excluding hydrogens is 599 g/mol. The molecule has 0 spiro atoms. The zero-order chi connectivity index (χ0) is 34.1. The van der Waals surface area contributed by atoms with Crippen LogP contribution in [0.4, 0.5) is 10.1 Å². The second kappa shape index (κ2) is 13.2. The number of fused-ring (bicyclic) bond motifs is 1. The third-order valence-electron chi connectivity index (χ3n) is 7.99. The molecule has 46 heavy (non-hydrogen) atoms. The highest BCUT2D eigenvalue weighted by molar-refractivity contribution is 6.01. The van der Waals surface area contributed by atoms with Gasteiger partial charge in [0.2, 0.25) is 5.91 Å². The van der Waals surface area contributed by atoms with Gasteiger partial charge in [0.15, 0.2) is 11.9 Å². The predicted molar refractivity (Wildman–Crippen MR) is 166 cm³/mol. The number of quaternary nitrogens is 1. The maximum Gasteiger partial charge on any atom is 0.310 e. The minimum Gasteiger partial charge on any atom is -0.460 e. The van der Waals surface area contributed by atoms with E-state index >= 15 is 4.39 Å². The quantitative estimate of drug-likeness (QED) is 0.259. The molecular formula is C32H44FN6O7+. The first-order chi connectivity index (χ1) is 21.3. The van der Waals surface area contributed by atoms with Gasteiger partial charge in [-0.05, 0) is 37.7 Å². The van der Waals surface area contributed by atoms with Crippen LogP contribution in [0.3, 0.4) is 0 Å². The highest BCUT2D eigenvalue weighted by atomic mass is 19.1. The average molecular weight is 644 g/mol. The maximum atomic E-state index is 15.5. The van der Waals surface area contributed by atoms with Gasteiger partial charge in [-0.2, -0.15) is 5.10 Å². The number of hydrogen-bond acceptors (Lipinski definition) is 9. The largest absolute Gasteiger partial charge is 0.460 e. The van der Waals surface area contributed by atoms with Crippen LogP contribution in [0.5, 0.6) is 0 Å². The van der Waals surface area contributed by atoms with Crippen LogP contribution in [-0.2, 0) is 30.3 Å². The number of anilines is 1. The van der Waals surface area contributed by atoms with Gasteiger partial charge in [0, 0.05) is 19.4 Å². The molecule has 2 aromatic rings. The lowest BCUT2D eigenvalue weighted by Crippen LogP contribution is -2.44. The smallest absolute Gasteiger partial charge is 0.310 e. The summed E-state index contributed by atoms with van der Waals surface area (Å²) in [5.74, 6) is -3.50. The normalized spacial score (nSPS) is 20.2. The standard InChI is InChI=1S/C32H43FN6O7/c1-17-28-25(13-32(3,4)14-26(28)41)38(37-17)19-10-22(33)29(30(34)43)24(11-19)36-23-9-8-20(15-35-31(23)44)46-27(42)12-21(45-18(2)40)16-39(5,6)7/h10-11,20-21,23H,8-9,12-16H2,1-7H3,(H3-,34,35,36,43,44)/p+1. The molecule has 14 heteroatoms. The van der Waals surface area contributed by atoms with Gasteiger partial charge in [0.05, 0.1) is 68.0 Å². The van der Waals surface area contributed by atoms with E-state index in [1.807, 2.05) is 35.0 Å². The molecule has 4 rings (SSSR count). The second-order valence-electron chi connectivity index (χ2n) is 14.0. The molecule has 1 aliphatic heterocycles. The number of likely N-dealkylation sites (N-methyl/N-ethyl adjacent to an activating group) is 1. The molecule has 1 fully saturated rings. The molecule has 4 N–H and O–H groups in total. The summed E-state index contributed by atoms with van der Waals surface area (Å²) < 4.78 is 28.4. The van der Waals surface area contributed by atoms with Gasteiger partial charge < -0.3 is 30.3 Å². The number of hydrogen-bond donors (Lipinski definition) is 3. The summed E-state index contributed by atoms with van der Waals surface area (Å²) in [6.07, 6.45) is -0.143. The van der Waals surface area contributed by atoms with Crippen molar-refractivity contribution in [2.75, 3.05) is 39.5 Å². The molecule has 2 aliphatic rings. The highest BCUT2D eigenvalue weighted by Gasteiger charge is 2.36. The first-order valence-corrected chi connectivity index (χ1v) is 15.3. The van der Waals surface area contributed by atoms with Gasteiger partial charge in [-0.1, -0.05) is 13.8 Å². The number of aryl methyl sites for hydroxylation is 1. The molecule has 1 aromatic heterocycles. The molecule has 1 aromatic carbocycles. The molecule has 250 valence electrons. The van der Waals surface area contributed by atoms with Crippen molar-refractivity contribution in [2.24, 2.45) is 11.1 Å². The minimum atomic E-state index is -1.03. The Bertz CT molecular complexity index is 1560. The number of benzene rings is 1. The summed E-state index contributed by atoms with van der Waals surface area (Å²) in [5, 5.41) is 10.2. The molecule has 0 radical (unpaired) electrons. The van der Waals surface area contributed by atoms with Crippen molar-refractivity contribution in [3.05, 3.63) is 40.5 Å². The van der Waals surface area contributed by atoms with Crippen LogP contribution in [0.2, 0.25) is 0 Å². The fourth-order valence-electron chi connectivity index (χ4n) is 6.19. The van der Waals surface area contributed by atoms with Crippen LogP contribution in [-0.4, -0.2) is 96.3 Å². The molecule has 3 atom stereocenters. The van der Waals surface area contributed by atoms with Crippen LogP contribution >= 0.6 is 0 Å². The Morgan fingerprint density at radius 1 is 1.20 bits per heavy atom. The number of nitrogens with zero attached hydrogens (tertiary/aromatic N) is 3. The van der Waals surface area contributed by atoms with E-state index < -0.39 is 53.4 Å². The van der Waals surface area contributed by atoms with Crippen molar-refractivity contribution in [1.29, 1.82) is 0 Å². The van der Waals surface area contributed by atoms with Crippen molar-refractivity contribution in [3.8, 4) is 5.69 Å². The van der Waals surface area contributed by atoms with Gasteiger partial charge in [0.1, 0.15) is 24.5 Å². The Kier molecular flexibility index (Phi) is 9.90. The van der Waals surface area contributed by atoms with E-state index in [1.165, 1.54) is 17.7 Å². The molecule has 3 unspecified atom stereocenters. The lowest BCUT2D eigenvalue weighted by Gasteiger charge is -2.29. The number of ketones is 1. The van der Waals surface area contributed by atoms with Gasteiger partial charge >= 0.3 is 11.9 Å². The maximum absolute atomic E-state index is 15.5.